The van der Waals surface area contributed by atoms with Gasteiger partial charge in [-0.05, 0) is 56.0 Å². The molecule has 5 heteroatoms. The minimum Gasteiger partial charge on any atom is -0.495 e. The van der Waals surface area contributed by atoms with Gasteiger partial charge in [-0.15, -0.1) is 0 Å². The fourth-order valence-electron chi connectivity index (χ4n) is 4.43. The standard InChI is InChI=1S/C24H34N4O/c1-26-14-16-27(17-15-26)23-19-22(8-9-24(23)29-2)25-28-12-10-21(11-13-28)18-20-6-4-3-5-7-20/h3-9,19,21,25H,10-18H2,1-2H3. The number of nitrogens with one attached hydrogen (secondary N) is 1. The van der Waals surface area contributed by atoms with Crippen LogP contribution in [0.4, 0.5) is 11.4 Å². The van der Waals surface area contributed by atoms with E-state index < -0.39 is 0 Å². The van der Waals surface area contributed by atoms with Crippen LogP contribution in [0.5, 0.6) is 5.75 Å². The fourth-order valence-corrected chi connectivity index (χ4v) is 4.43. The lowest BCUT2D eigenvalue weighted by atomic mass is 9.91. The van der Waals surface area contributed by atoms with Crippen molar-refractivity contribution in [2.45, 2.75) is 19.3 Å². The Bertz CT molecular complexity index is 766. The molecule has 2 saturated heterocycles. The van der Waals surface area contributed by atoms with Crippen LogP contribution in [-0.2, 0) is 6.42 Å². The molecule has 2 aliphatic heterocycles. The number of benzene rings is 2. The Balaban J connectivity index is 1.34. The summed E-state index contributed by atoms with van der Waals surface area (Å²) in [6.45, 7) is 6.45. The third-order valence-corrected chi connectivity index (χ3v) is 6.29. The zero-order valence-electron chi connectivity index (χ0n) is 17.8. The molecule has 4 rings (SSSR count). The Morgan fingerprint density at radius 2 is 1.66 bits per heavy atom. The number of piperazine rings is 1. The quantitative estimate of drug-likeness (QED) is 0.807. The van der Waals surface area contributed by atoms with Crippen LogP contribution < -0.4 is 15.1 Å². The van der Waals surface area contributed by atoms with E-state index in [1.807, 2.05) is 0 Å². The van der Waals surface area contributed by atoms with E-state index in [9.17, 15) is 0 Å². The molecule has 2 heterocycles. The maximum Gasteiger partial charge on any atom is 0.142 e. The average Bonchev–Trinajstić information content (AvgIpc) is 2.76. The van der Waals surface area contributed by atoms with Crippen LogP contribution in [0.15, 0.2) is 48.5 Å². The highest BCUT2D eigenvalue weighted by Gasteiger charge is 2.21. The lowest BCUT2D eigenvalue weighted by Gasteiger charge is -2.36. The first-order chi connectivity index (χ1) is 14.2. The lowest BCUT2D eigenvalue weighted by Crippen LogP contribution is -2.44. The van der Waals surface area contributed by atoms with Crippen molar-refractivity contribution in [1.82, 2.24) is 9.91 Å². The highest BCUT2D eigenvalue weighted by Crippen LogP contribution is 2.32. The molecule has 2 aromatic rings. The van der Waals surface area contributed by atoms with E-state index in [-0.39, 0.29) is 0 Å². The largest absolute Gasteiger partial charge is 0.495 e. The molecule has 2 aliphatic rings. The summed E-state index contributed by atoms with van der Waals surface area (Å²) >= 11 is 0. The molecule has 29 heavy (non-hydrogen) atoms. The predicted octanol–water partition coefficient (Wildman–Crippen LogP) is 3.73. The Morgan fingerprint density at radius 1 is 0.931 bits per heavy atom. The highest BCUT2D eigenvalue weighted by atomic mass is 16.5. The van der Waals surface area contributed by atoms with E-state index in [0.717, 1.165) is 56.6 Å². The number of likely N-dealkylation sites (N-methyl/N-ethyl adjacent to an activating group) is 1. The number of hydrazine groups is 1. The van der Waals surface area contributed by atoms with Gasteiger partial charge >= 0.3 is 0 Å². The lowest BCUT2D eigenvalue weighted by molar-refractivity contribution is 0.216. The summed E-state index contributed by atoms with van der Waals surface area (Å²) in [4.78, 5) is 4.82. The Morgan fingerprint density at radius 3 is 2.34 bits per heavy atom. The molecule has 0 aliphatic carbocycles. The van der Waals surface area contributed by atoms with E-state index in [1.54, 1.807) is 7.11 Å². The van der Waals surface area contributed by atoms with Crippen molar-refractivity contribution < 1.29 is 4.74 Å². The van der Waals surface area contributed by atoms with Gasteiger partial charge in [0.05, 0.1) is 18.5 Å². The van der Waals surface area contributed by atoms with Crippen LogP contribution in [0.2, 0.25) is 0 Å². The second kappa shape index (κ2) is 9.51. The second-order valence-corrected chi connectivity index (χ2v) is 8.41. The number of rotatable bonds is 6. The minimum absolute atomic E-state index is 0.784. The Kier molecular flexibility index (Phi) is 6.57. The molecule has 0 bridgehead atoms. The first-order valence-corrected chi connectivity index (χ1v) is 10.9. The zero-order chi connectivity index (χ0) is 20.1. The number of methoxy groups -OCH3 is 1. The average molecular weight is 395 g/mol. The van der Waals surface area contributed by atoms with E-state index in [4.69, 9.17) is 4.74 Å². The summed E-state index contributed by atoms with van der Waals surface area (Å²) < 4.78 is 5.64. The molecular formula is C24H34N4O. The predicted molar refractivity (Wildman–Crippen MR) is 121 cm³/mol. The first kappa shape index (κ1) is 20.0. The maximum atomic E-state index is 5.64. The summed E-state index contributed by atoms with van der Waals surface area (Å²) in [6.07, 6.45) is 3.68. The smallest absolute Gasteiger partial charge is 0.142 e. The van der Waals surface area contributed by atoms with Gasteiger partial charge in [-0.2, -0.15) is 0 Å². The van der Waals surface area contributed by atoms with Gasteiger partial charge in [-0.1, -0.05) is 30.3 Å². The SMILES string of the molecule is COc1ccc(NN2CCC(Cc3ccccc3)CC2)cc1N1CCN(C)CC1. The van der Waals surface area contributed by atoms with Crippen molar-refractivity contribution in [1.29, 1.82) is 0 Å². The van der Waals surface area contributed by atoms with Crippen LogP contribution in [0, 0.1) is 5.92 Å². The first-order valence-electron chi connectivity index (χ1n) is 10.9. The molecule has 0 spiro atoms. The van der Waals surface area contributed by atoms with Crippen LogP contribution in [0.25, 0.3) is 0 Å². The molecule has 1 N–H and O–H groups in total. The molecule has 0 amide bonds. The number of piperidine rings is 1. The number of nitrogens with zero attached hydrogens (tertiary/aromatic N) is 3. The van der Waals surface area contributed by atoms with Gasteiger partial charge in [0.15, 0.2) is 0 Å². The van der Waals surface area contributed by atoms with Crippen molar-refractivity contribution in [3.8, 4) is 5.75 Å². The summed E-state index contributed by atoms with van der Waals surface area (Å²) in [5.41, 5.74) is 7.46. The van der Waals surface area contributed by atoms with Crippen molar-refractivity contribution in [2.24, 2.45) is 5.92 Å². The summed E-state index contributed by atoms with van der Waals surface area (Å²) in [7, 11) is 3.95. The van der Waals surface area contributed by atoms with Crippen LogP contribution in [-0.4, -0.2) is 63.3 Å². The van der Waals surface area contributed by atoms with E-state index in [2.05, 4.69) is 75.8 Å². The molecule has 0 saturated carbocycles. The van der Waals surface area contributed by atoms with Crippen molar-refractivity contribution in [3.05, 3.63) is 54.1 Å². The number of anilines is 2. The van der Waals surface area contributed by atoms with Gasteiger partial charge in [0, 0.05) is 39.3 Å². The van der Waals surface area contributed by atoms with Crippen molar-refractivity contribution >= 4 is 11.4 Å². The van der Waals surface area contributed by atoms with E-state index in [0.29, 0.717) is 0 Å². The van der Waals surface area contributed by atoms with Crippen LogP contribution >= 0.6 is 0 Å². The number of hydrogen-bond donors (Lipinski definition) is 1. The Hall–Kier alpha value is -2.24. The zero-order valence-corrected chi connectivity index (χ0v) is 17.8. The number of hydrogen-bond acceptors (Lipinski definition) is 5. The molecule has 0 radical (unpaired) electrons. The molecule has 2 fully saturated rings. The Labute approximate surface area is 175 Å². The molecule has 0 atom stereocenters. The molecule has 0 aromatic heterocycles. The summed E-state index contributed by atoms with van der Waals surface area (Å²) in [5.74, 6) is 1.74. The second-order valence-electron chi connectivity index (χ2n) is 8.41. The van der Waals surface area contributed by atoms with Gasteiger partial charge in [0.1, 0.15) is 5.75 Å². The fraction of sp³-hybridized carbons (Fsp3) is 0.500. The van der Waals surface area contributed by atoms with Crippen LogP contribution in [0.1, 0.15) is 18.4 Å². The maximum absolute atomic E-state index is 5.64. The monoisotopic (exact) mass is 394 g/mol. The number of ether oxygens (including phenoxy) is 1. The van der Waals surface area contributed by atoms with Gasteiger partial charge in [0.25, 0.3) is 0 Å². The van der Waals surface area contributed by atoms with Gasteiger partial charge in [-0.25, -0.2) is 5.01 Å². The van der Waals surface area contributed by atoms with Crippen molar-refractivity contribution in [2.75, 3.05) is 63.8 Å². The van der Waals surface area contributed by atoms with E-state index in [1.165, 1.54) is 30.5 Å². The van der Waals surface area contributed by atoms with Gasteiger partial charge in [0.2, 0.25) is 0 Å². The third-order valence-electron chi connectivity index (χ3n) is 6.29. The van der Waals surface area contributed by atoms with Gasteiger partial charge in [-0.3, -0.25) is 0 Å². The third kappa shape index (κ3) is 5.22. The summed E-state index contributed by atoms with van der Waals surface area (Å²) in [6, 6.07) is 17.4. The topological polar surface area (TPSA) is 31.0 Å². The van der Waals surface area contributed by atoms with Crippen molar-refractivity contribution in [3.63, 3.8) is 0 Å². The highest BCUT2D eigenvalue weighted by molar-refractivity contribution is 5.66. The summed E-state index contributed by atoms with van der Waals surface area (Å²) in [5, 5.41) is 2.37. The van der Waals surface area contributed by atoms with Gasteiger partial charge < -0.3 is 20.0 Å². The van der Waals surface area contributed by atoms with E-state index >= 15 is 0 Å². The molecule has 156 valence electrons. The molecule has 0 unspecified atom stereocenters. The molecule has 5 nitrogen and oxygen atoms in total. The molecular weight excluding hydrogens is 360 g/mol. The molecule has 2 aromatic carbocycles. The minimum atomic E-state index is 0.784. The van der Waals surface area contributed by atoms with Crippen LogP contribution in [0.3, 0.4) is 0 Å². The normalized spacial score (nSPS) is 19.3.